The summed E-state index contributed by atoms with van der Waals surface area (Å²) in [6.45, 7) is 0.648. The van der Waals surface area contributed by atoms with E-state index in [1.165, 1.54) is 6.07 Å². The van der Waals surface area contributed by atoms with Crippen LogP contribution in [0.2, 0.25) is 0 Å². The third-order valence-electron chi connectivity index (χ3n) is 1.14. The van der Waals surface area contributed by atoms with Crippen molar-refractivity contribution in [1.29, 1.82) is 5.26 Å². The first kappa shape index (κ1) is 11.3. The van der Waals surface area contributed by atoms with Crippen molar-refractivity contribution in [2.75, 3.05) is 11.5 Å². The predicted octanol–water partition coefficient (Wildman–Crippen LogP) is 0.970. The summed E-state index contributed by atoms with van der Waals surface area (Å²) in [6.07, 6.45) is -0.725. The van der Waals surface area contributed by atoms with Gasteiger partial charge in [0.1, 0.15) is 5.75 Å². The fourth-order valence-electron chi connectivity index (χ4n) is 0.505. The molecule has 6 heteroatoms. The van der Waals surface area contributed by atoms with Gasteiger partial charge >= 0.3 is 0 Å². The molecule has 0 atom stereocenters. The molecule has 0 aliphatic carbocycles. The summed E-state index contributed by atoms with van der Waals surface area (Å²) in [4.78, 5) is 0. The monoisotopic (exact) mass is 197 g/mol. The van der Waals surface area contributed by atoms with Gasteiger partial charge in [0.05, 0.1) is 11.8 Å². The summed E-state index contributed by atoms with van der Waals surface area (Å²) in [5, 5.41) is 8.01. The summed E-state index contributed by atoms with van der Waals surface area (Å²) in [5.41, 5.74) is 0. The molecule has 0 aliphatic heterocycles. The molecule has 0 saturated heterocycles. The van der Waals surface area contributed by atoms with Crippen LogP contribution in [0.5, 0.6) is 0 Å². The number of hydrogen-bond donors (Lipinski definition) is 0. The van der Waals surface area contributed by atoms with Gasteiger partial charge in [0.25, 0.3) is 0 Å². The number of hydrogen-bond acceptors (Lipinski definition) is 3. The van der Waals surface area contributed by atoms with Crippen LogP contribution in [0.4, 0.5) is 8.78 Å². The van der Waals surface area contributed by atoms with E-state index in [4.69, 9.17) is 5.26 Å². The van der Waals surface area contributed by atoms with Gasteiger partial charge in [-0.25, -0.2) is 17.2 Å². The van der Waals surface area contributed by atoms with Crippen LogP contribution in [0.1, 0.15) is 13.3 Å². The van der Waals surface area contributed by atoms with E-state index in [0.717, 1.165) is 0 Å². The second-order valence-corrected chi connectivity index (χ2v) is 4.75. The van der Waals surface area contributed by atoms with Crippen LogP contribution in [-0.2, 0) is 9.84 Å². The van der Waals surface area contributed by atoms with Gasteiger partial charge in [-0.3, -0.25) is 0 Å². The number of nitrogens with zero attached hydrogens (tertiary/aromatic N) is 1. The van der Waals surface area contributed by atoms with E-state index < -0.39 is 33.7 Å². The highest BCUT2D eigenvalue weighted by Gasteiger charge is 2.24. The van der Waals surface area contributed by atoms with Crippen molar-refractivity contribution in [2.24, 2.45) is 0 Å². The van der Waals surface area contributed by atoms with Crippen molar-refractivity contribution in [3.63, 3.8) is 0 Å². The quantitative estimate of drug-likeness (QED) is 0.674. The van der Waals surface area contributed by atoms with E-state index in [-0.39, 0.29) is 0 Å². The van der Waals surface area contributed by atoms with Gasteiger partial charge in [-0.1, -0.05) is 0 Å². The highest BCUT2D eigenvalue weighted by Crippen LogP contribution is 2.17. The molecule has 0 amide bonds. The first-order valence-electron chi connectivity index (χ1n) is 3.22. The first-order chi connectivity index (χ1) is 5.27. The lowest BCUT2D eigenvalue weighted by Gasteiger charge is -2.08. The number of sulfone groups is 1. The molecule has 0 aromatic heterocycles. The Balaban J connectivity index is 4.05. The van der Waals surface area contributed by atoms with Crippen molar-refractivity contribution < 1.29 is 17.2 Å². The van der Waals surface area contributed by atoms with Crippen LogP contribution in [-0.4, -0.2) is 25.8 Å². The highest BCUT2D eigenvalue weighted by molar-refractivity contribution is 7.91. The molecule has 70 valence electrons. The minimum atomic E-state index is -3.61. The Hall–Kier alpha value is -0.700. The smallest absolute Gasteiger partial charge is 0.228 e. The Morgan fingerprint density at radius 3 is 2.33 bits per heavy atom. The summed E-state index contributed by atoms with van der Waals surface area (Å²) in [6, 6.07) is 1.41. The van der Waals surface area contributed by atoms with Gasteiger partial charge in [0.15, 0.2) is 9.84 Å². The van der Waals surface area contributed by atoms with Gasteiger partial charge in [0, 0.05) is 6.42 Å². The molecular weight excluding hydrogens is 188 g/mol. The number of nitriles is 1. The molecule has 0 unspecified atom stereocenters. The number of rotatable bonds is 4. The fourth-order valence-corrected chi connectivity index (χ4v) is 1.52. The molecule has 0 aliphatic rings. The maximum atomic E-state index is 12.1. The van der Waals surface area contributed by atoms with Crippen LogP contribution in [0, 0.1) is 11.3 Å². The number of alkyl halides is 2. The van der Waals surface area contributed by atoms with Crippen LogP contribution >= 0.6 is 0 Å². The van der Waals surface area contributed by atoms with Crippen LogP contribution < -0.4 is 0 Å². The molecule has 12 heavy (non-hydrogen) atoms. The summed E-state index contributed by atoms with van der Waals surface area (Å²) >= 11 is 0. The van der Waals surface area contributed by atoms with Crippen molar-refractivity contribution in [3.8, 4) is 6.07 Å². The van der Waals surface area contributed by atoms with Crippen molar-refractivity contribution in [3.05, 3.63) is 0 Å². The van der Waals surface area contributed by atoms with Gasteiger partial charge in [-0.05, 0) is 6.92 Å². The normalized spacial score (nSPS) is 12.5. The SMILES string of the molecule is CC(F)(F)CCS(=O)(=O)CC#N. The Morgan fingerprint density at radius 1 is 1.50 bits per heavy atom. The second kappa shape index (κ2) is 3.81. The highest BCUT2D eigenvalue weighted by atomic mass is 32.2. The molecule has 0 radical (unpaired) electrons. The van der Waals surface area contributed by atoms with E-state index in [2.05, 4.69) is 0 Å². The summed E-state index contributed by atoms with van der Waals surface area (Å²) < 4.78 is 45.7. The summed E-state index contributed by atoms with van der Waals surface area (Å²) in [5.74, 6) is -4.31. The molecule has 0 aromatic rings. The third kappa shape index (κ3) is 6.04. The lowest BCUT2D eigenvalue weighted by atomic mass is 10.3. The van der Waals surface area contributed by atoms with Crippen LogP contribution in [0.25, 0.3) is 0 Å². The minimum absolute atomic E-state index is 0.635. The second-order valence-electron chi connectivity index (χ2n) is 2.57. The fraction of sp³-hybridized carbons (Fsp3) is 0.833. The topological polar surface area (TPSA) is 57.9 Å². The molecule has 0 spiro atoms. The summed E-state index contributed by atoms with van der Waals surface area (Å²) in [7, 11) is -3.61. The molecule has 0 fully saturated rings. The predicted molar refractivity (Wildman–Crippen MR) is 39.5 cm³/mol. The molecule has 0 rings (SSSR count). The molecule has 0 saturated carbocycles. The lowest BCUT2D eigenvalue weighted by molar-refractivity contribution is 0.0189. The van der Waals surface area contributed by atoms with Gasteiger partial charge in [-0.15, -0.1) is 0 Å². The zero-order valence-corrected chi connectivity index (χ0v) is 7.37. The maximum Gasteiger partial charge on any atom is 0.246 e. The third-order valence-corrected chi connectivity index (χ3v) is 2.53. The zero-order chi connectivity index (χ0) is 9.83. The van der Waals surface area contributed by atoms with Crippen LogP contribution in [0.3, 0.4) is 0 Å². The van der Waals surface area contributed by atoms with Gasteiger partial charge in [-0.2, -0.15) is 5.26 Å². The Morgan fingerprint density at radius 2 is 2.00 bits per heavy atom. The Labute approximate surface area is 69.9 Å². The first-order valence-corrected chi connectivity index (χ1v) is 5.04. The number of halogens is 2. The lowest BCUT2D eigenvalue weighted by Crippen LogP contribution is -2.18. The van der Waals surface area contributed by atoms with E-state index in [1.54, 1.807) is 0 Å². The Bertz CT molecular complexity index is 273. The van der Waals surface area contributed by atoms with E-state index in [1.807, 2.05) is 0 Å². The van der Waals surface area contributed by atoms with E-state index >= 15 is 0 Å². The van der Waals surface area contributed by atoms with E-state index in [9.17, 15) is 17.2 Å². The zero-order valence-electron chi connectivity index (χ0n) is 6.55. The molecule has 0 bridgehead atoms. The largest absolute Gasteiger partial charge is 0.246 e. The molecule has 0 N–H and O–H groups in total. The van der Waals surface area contributed by atoms with Crippen molar-refractivity contribution in [2.45, 2.75) is 19.3 Å². The van der Waals surface area contributed by atoms with Gasteiger partial charge < -0.3 is 0 Å². The van der Waals surface area contributed by atoms with Crippen LogP contribution in [0.15, 0.2) is 0 Å². The molecular formula is C6H9F2NO2S. The minimum Gasteiger partial charge on any atom is -0.228 e. The standard InChI is InChI=1S/C6H9F2NO2S/c1-6(7,8)2-4-12(10,11)5-3-9/h2,4-5H2,1H3. The Kier molecular flexibility index (Phi) is 3.58. The molecule has 0 aromatic carbocycles. The molecule has 3 nitrogen and oxygen atoms in total. The van der Waals surface area contributed by atoms with Crippen molar-refractivity contribution >= 4 is 9.84 Å². The van der Waals surface area contributed by atoms with E-state index in [0.29, 0.717) is 6.92 Å². The molecule has 0 heterocycles. The van der Waals surface area contributed by atoms with Gasteiger partial charge in [0.2, 0.25) is 5.92 Å². The average Bonchev–Trinajstić information content (AvgIpc) is 1.83. The average molecular weight is 197 g/mol. The van der Waals surface area contributed by atoms with Crippen molar-refractivity contribution in [1.82, 2.24) is 0 Å². The maximum absolute atomic E-state index is 12.1.